The van der Waals surface area contributed by atoms with Crippen LogP contribution in [-0.4, -0.2) is 27.1 Å². The molecule has 8 nitrogen and oxygen atoms in total. The van der Waals surface area contributed by atoms with Crippen molar-refractivity contribution in [2.75, 3.05) is 0 Å². The summed E-state index contributed by atoms with van der Waals surface area (Å²) in [7, 11) is 0. The average Bonchev–Trinajstić information content (AvgIpc) is 3.11. The molecule has 0 amide bonds. The summed E-state index contributed by atoms with van der Waals surface area (Å²) < 4.78 is 15.5. The summed E-state index contributed by atoms with van der Waals surface area (Å²) in [6.07, 6.45) is 0. The molecular formula is C19H14Cl3N3O5. The topological polar surface area (TPSA) is 104 Å². The molecule has 0 aliphatic heterocycles. The van der Waals surface area contributed by atoms with Gasteiger partial charge in [0.15, 0.2) is 11.5 Å². The van der Waals surface area contributed by atoms with Gasteiger partial charge in [-0.15, -0.1) is 0 Å². The predicted octanol–water partition coefficient (Wildman–Crippen LogP) is 5.23. The van der Waals surface area contributed by atoms with Gasteiger partial charge in [0.1, 0.15) is 5.15 Å². The zero-order chi connectivity index (χ0) is 22.2. The molecule has 0 atom stereocenters. The Hall–Kier alpha value is -2.68. The molecule has 0 saturated heterocycles. The van der Waals surface area contributed by atoms with E-state index in [0.29, 0.717) is 27.4 Å². The Morgan fingerprint density at radius 3 is 2.30 bits per heavy atom. The van der Waals surface area contributed by atoms with Crippen molar-refractivity contribution in [3.8, 4) is 34.3 Å². The summed E-state index contributed by atoms with van der Waals surface area (Å²) in [5, 5.41) is 4.56. The summed E-state index contributed by atoms with van der Waals surface area (Å²) in [6.45, 7) is 5.88. The van der Waals surface area contributed by atoms with Gasteiger partial charge in [0.05, 0.1) is 21.3 Å². The number of halogens is 3. The predicted molar refractivity (Wildman–Crippen MR) is 110 cm³/mol. The molecule has 0 N–H and O–H groups in total. The van der Waals surface area contributed by atoms with Gasteiger partial charge in [0, 0.05) is 19.4 Å². The number of rotatable bonds is 4. The third-order valence-corrected chi connectivity index (χ3v) is 5.01. The smallest absolute Gasteiger partial charge is 0.308 e. The molecule has 3 rings (SSSR count). The molecule has 0 radical (unpaired) electrons. The molecule has 11 heteroatoms. The Morgan fingerprint density at radius 2 is 1.67 bits per heavy atom. The van der Waals surface area contributed by atoms with Crippen LogP contribution < -0.4 is 9.47 Å². The number of hydrogen-bond acceptors (Lipinski definition) is 8. The van der Waals surface area contributed by atoms with Crippen LogP contribution in [0.2, 0.25) is 15.2 Å². The van der Waals surface area contributed by atoms with Crippen LogP contribution in [0.1, 0.15) is 25.1 Å². The monoisotopic (exact) mass is 469 g/mol. The van der Waals surface area contributed by atoms with Gasteiger partial charge < -0.3 is 14.0 Å². The number of benzene rings is 1. The quantitative estimate of drug-likeness (QED) is 0.290. The number of aromatic nitrogens is 3. The molecule has 0 fully saturated rings. The first-order valence-corrected chi connectivity index (χ1v) is 9.59. The highest BCUT2D eigenvalue weighted by molar-refractivity contribution is 6.35. The van der Waals surface area contributed by atoms with Crippen molar-refractivity contribution in [2.45, 2.75) is 27.7 Å². The first-order valence-electron chi connectivity index (χ1n) is 8.45. The Balaban J connectivity index is 2.10. The maximum Gasteiger partial charge on any atom is 0.308 e. The minimum absolute atomic E-state index is 0.00737. The zero-order valence-corrected chi connectivity index (χ0v) is 18.4. The lowest BCUT2D eigenvalue weighted by Crippen LogP contribution is -2.07. The van der Waals surface area contributed by atoms with E-state index in [0.717, 1.165) is 0 Å². The van der Waals surface area contributed by atoms with E-state index in [2.05, 4.69) is 15.1 Å². The van der Waals surface area contributed by atoms with Crippen molar-refractivity contribution in [3.05, 3.63) is 38.6 Å². The second-order valence-electron chi connectivity index (χ2n) is 6.20. The Bertz CT molecular complexity index is 1180. The Morgan fingerprint density at radius 1 is 1.00 bits per heavy atom. The maximum atomic E-state index is 11.4. The van der Waals surface area contributed by atoms with Crippen molar-refractivity contribution in [1.82, 2.24) is 15.1 Å². The standard InChI is InChI=1S/C19H14Cl3N3O5/c1-7-14(17(22)23-8(2)15(7)21)18-24-19(30-25-18)11-5-12(20)16(29-10(4)27)13(6-11)28-9(3)26/h5-6H,1-4H3. The van der Waals surface area contributed by atoms with Crippen LogP contribution in [0.4, 0.5) is 0 Å². The highest BCUT2D eigenvalue weighted by Crippen LogP contribution is 2.40. The molecule has 2 aromatic heterocycles. The summed E-state index contributed by atoms with van der Waals surface area (Å²) in [5.74, 6) is -1.22. The van der Waals surface area contributed by atoms with Crippen LogP contribution in [0.25, 0.3) is 22.8 Å². The van der Waals surface area contributed by atoms with Crippen molar-refractivity contribution < 1.29 is 23.6 Å². The number of ether oxygens (including phenoxy) is 2. The van der Waals surface area contributed by atoms with Crippen LogP contribution in [0.5, 0.6) is 11.5 Å². The van der Waals surface area contributed by atoms with Gasteiger partial charge in [0.2, 0.25) is 5.82 Å². The number of carbonyl (C=O) groups is 2. The first kappa shape index (κ1) is 22.0. The SMILES string of the molecule is CC(=O)Oc1cc(-c2nc(-c3c(Cl)nc(C)c(Cl)c3C)no2)cc(Cl)c1OC(C)=O. The number of nitrogens with zero attached hydrogens (tertiary/aromatic N) is 3. The number of pyridine rings is 1. The maximum absolute atomic E-state index is 11.4. The van der Waals surface area contributed by atoms with Crippen LogP contribution in [-0.2, 0) is 9.59 Å². The molecule has 0 saturated carbocycles. The normalized spacial score (nSPS) is 10.8. The first-order chi connectivity index (χ1) is 14.1. The van der Waals surface area contributed by atoms with E-state index in [9.17, 15) is 9.59 Å². The van der Waals surface area contributed by atoms with Gasteiger partial charge in [-0.2, -0.15) is 4.98 Å². The molecule has 0 bridgehead atoms. The highest BCUT2D eigenvalue weighted by atomic mass is 35.5. The largest absolute Gasteiger partial charge is 0.423 e. The van der Waals surface area contributed by atoms with Gasteiger partial charge >= 0.3 is 11.9 Å². The fourth-order valence-electron chi connectivity index (χ4n) is 2.66. The van der Waals surface area contributed by atoms with E-state index in [1.807, 2.05) is 0 Å². The van der Waals surface area contributed by atoms with Gasteiger partial charge in [-0.25, -0.2) is 4.98 Å². The molecule has 1 aromatic carbocycles. The summed E-state index contributed by atoms with van der Waals surface area (Å²) in [6, 6.07) is 2.82. The molecule has 2 heterocycles. The Kier molecular flexibility index (Phi) is 6.30. The number of aryl methyl sites for hydroxylation is 1. The molecule has 30 heavy (non-hydrogen) atoms. The van der Waals surface area contributed by atoms with Crippen molar-refractivity contribution in [1.29, 1.82) is 0 Å². The van der Waals surface area contributed by atoms with E-state index in [1.54, 1.807) is 13.8 Å². The number of carbonyl (C=O) groups excluding carboxylic acids is 2. The van der Waals surface area contributed by atoms with E-state index in [1.165, 1.54) is 26.0 Å². The molecular weight excluding hydrogens is 457 g/mol. The average molecular weight is 471 g/mol. The molecule has 3 aromatic rings. The lowest BCUT2D eigenvalue weighted by molar-refractivity contribution is -0.134. The summed E-state index contributed by atoms with van der Waals surface area (Å²) >= 11 is 18.7. The number of hydrogen-bond donors (Lipinski definition) is 0. The molecule has 0 spiro atoms. The third kappa shape index (κ3) is 4.40. The van der Waals surface area contributed by atoms with Crippen molar-refractivity contribution in [2.24, 2.45) is 0 Å². The molecule has 156 valence electrons. The van der Waals surface area contributed by atoms with Crippen molar-refractivity contribution in [3.63, 3.8) is 0 Å². The van der Waals surface area contributed by atoms with E-state index < -0.39 is 11.9 Å². The highest BCUT2D eigenvalue weighted by Gasteiger charge is 2.22. The lowest BCUT2D eigenvalue weighted by Gasteiger charge is -2.11. The van der Waals surface area contributed by atoms with Crippen molar-refractivity contribution >= 4 is 46.7 Å². The van der Waals surface area contributed by atoms with Crippen LogP contribution in [0.15, 0.2) is 16.7 Å². The molecule has 0 aliphatic rings. The lowest BCUT2D eigenvalue weighted by atomic mass is 10.1. The third-order valence-electron chi connectivity index (χ3n) is 3.90. The van der Waals surface area contributed by atoms with Crippen LogP contribution in [0.3, 0.4) is 0 Å². The summed E-state index contributed by atoms with van der Waals surface area (Å²) in [5.41, 5.74) is 1.96. The van der Waals surface area contributed by atoms with E-state index in [-0.39, 0.29) is 33.4 Å². The van der Waals surface area contributed by atoms with Gasteiger partial charge in [-0.1, -0.05) is 40.0 Å². The van der Waals surface area contributed by atoms with E-state index in [4.69, 9.17) is 48.8 Å². The molecule has 0 aliphatic carbocycles. The Labute approximate surface area is 186 Å². The second-order valence-corrected chi connectivity index (χ2v) is 7.34. The second kappa shape index (κ2) is 8.59. The van der Waals surface area contributed by atoms with Crippen LogP contribution in [0, 0.1) is 13.8 Å². The van der Waals surface area contributed by atoms with Gasteiger partial charge in [0.25, 0.3) is 5.89 Å². The zero-order valence-electron chi connectivity index (χ0n) is 16.2. The van der Waals surface area contributed by atoms with E-state index >= 15 is 0 Å². The fraction of sp³-hybridized carbons (Fsp3) is 0.211. The minimum atomic E-state index is -0.634. The van der Waals surface area contributed by atoms with Crippen LogP contribution >= 0.6 is 34.8 Å². The number of esters is 2. The minimum Gasteiger partial charge on any atom is -0.423 e. The summed E-state index contributed by atoms with van der Waals surface area (Å²) in [4.78, 5) is 31.3. The van der Waals surface area contributed by atoms with Gasteiger partial charge in [-0.05, 0) is 31.5 Å². The molecule has 0 unspecified atom stereocenters. The fourth-order valence-corrected chi connectivity index (χ4v) is 3.39. The van der Waals surface area contributed by atoms with Gasteiger partial charge in [-0.3, -0.25) is 9.59 Å².